The molecule has 2 saturated heterocycles. The molecule has 0 saturated carbocycles. The van der Waals surface area contributed by atoms with Crippen LogP contribution in [0.25, 0.3) is 0 Å². The number of carbonyl (C=O) groups excluding carboxylic acids is 2. The summed E-state index contributed by atoms with van der Waals surface area (Å²) in [5.41, 5.74) is 1.72. The molecule has 2 amide bonds. The zero-order chi connectivity index (χ0) is 17.8. The van der Waals surface area contributed by atoms with Gasteiger partial charge in [-0.1, -0.05) is 6.07 Å². The van der Waals surface area contributed by atoms with E-state index in [1.165, 1.54) is 0 Å². The van der Waals surface area contributed by atoms with Gasteiger partial charge in [-0.05, 0) is 24.6 Å². The Labute approximate surface area is 153 Å². The number of nitrogens with zero attached hydrogens (tertiary/aromatic N) is 3. The standard InChI is InChI=1S/C18H26N4O2S/c1-20(2)15-6-3-5-14(11-15)17(23)21-7-4-8-22(10-9-21)18(24)16-12-25-13-19-16/h3,5-6,11,16,19H,4,7-10,12-13H2,1-2H3. The lowest BCUT2D eigenvalue weighted by atomic mass is 10.1. The molecule has 0 aliphatic carbocycles. The van der Waals surface area contributed by atoms with Crippen LogP contribution in [0.5, 0.6) is 0 Å². The number of anilines is 1. The average molecular weight is 362 g/mol. The molecular formula is C18H26N4O2S. The lowest BCUT2D eigenvalue weighted by molar-refractivity contribution is -0.132. The number of carbonyl (C=O) groups is 2. The summed E-state index contributed by atoms with van der Waals surface area (Å²) < 4.78 is 0. The van der Waals surface area contributed by atoms with Crippen LogP contribution in [0.2, 0.25) is 0 Å². The van der Waals surface area contributed by atoms with Crippen LogP contribution in [0.15, 0.2) is 24.3 Å². The Kier molecular flexibility index (Phi) is 5.86. The highest BCUT2D eigenvalue weighted by atomic mass is 32.2. The van der Waals surface area contributed by atoms with Crippen LogP contribution < -0.4 is 10.2 Å². The van der Waals surface area contributed by atoms with Crippen molar-refractivity contribution in [3.05, 3.63) is 29.8 Å². The first-order valence-electron chi connectivity index (χ1n) is 8.73. The maximum atomic E-state index is 12.8. The highest BCUT2D eigenvalue weighted by Crippen LogP contribution is 2.17. The van der Waals surface area contributed by atoms with E-state index in [2.05, 4.69) is 5.32 Å². The highest BCUT2D eigenvalue weighted by Gasteiger charge is 2.29. The van der Waals surface area contributed by atoms with Crippen molar-refractivity contribution in [2.45, 2.75) is 12.5 Å². The van der Waals surface area contributed by atoms with Gasteiger partial charge in [-0.25, -0.2) is 0 Å². The van der Waals surface area contributed by atoms with E-state index in [-0.39, 0.29) is 17.9 Å². The predicted molar refractivity (Wildman–Crippen MR) is 102 cm³/mol. The minimum atomic E-state index is -0.0657. The summed E-state index contributed by atoms with van der Waals surface area (Å²) in [5, 5.41) is 3.24. The Bertz CT molecular complexity index is 631. The van der Waals surface area contributed by atoms with E-state index < -0.39 is 0 Å². The Hall–Kier alpha value is -1.73. The Morgan fingerprint density at radius 3 is 2.64 bits per heavy atom. The van der Waals surface area contributed by atoms with Gasteiger partial charge in [-0.3, -0.25) is 14.9 Å². The topological polar surface area (TPSA) is 55.9 Å². The second kappa shape index (κ2) is 8.10. The van der Waals surface area contributed by atoms with Gasteiger partial charge >= 0.3 is 0 Å². The van der Waals surface area contributed by atoms with Gasteiger partial charge < -0.3 is 14.7 Å². The van der Waals surface area contributed by atoms with Crippen LogP contribution in [0.1, 0.15) is 16.8 Å². The Morgan fingerprint density at radius 2 is 1.92 bits per heavy atom. The fourth-order valence-corrected chi connectivity index (χ4v) is 4.15. The molecule has 136 valence electrons. The summed E-state index contributed by atoms with van der Waals surface area (Å²) >= 11 is 1.76. The van der Waals surface area contributed by atoms with E-state index in [0.29, 0.717) is 25.2 Å². The van der Waals surface area contributed by atoms with Crippen LogP contribution in [0, 0.1) is 0 Å². The molecule has 1 aromatic rings. The maximum absolute atomic E-state index is 12.8. The van der Waals surface area contributed by atoms with E-state index in [1.54, 1.807) is 11.8 Å². The third kappa shape index (κ3) is 4.27. The van der Waals surface area contributed by atoms with Crippen molar-refractivity contribution in [3.8, 4) is 0 Å². The zero-order valence-corrected chi connectivity index (χ0v) is 15.7. The Morgan fingerprint density at radius 1 is 1.16 bits per heavy atom. The van der Waals surface area contributed by atoms with Crippen LogP contribution in [-0.4, -0.2) is 79.6 Å². The third-order valence-electron chi connectivity index (χ3n) is 4.72. The SMILES string of the molecule is CN(C)c1cccc(C(=O)N2CCCN(C(=O)C3CSCN3)CC2)c1. The number of hydrogen-bond acceptors (Lipinski definition) is 5. The van der Waals surface area contributed by atoms with Gasteiger partial charge in [-0.2, -0.15) is 0 Å². The summed E-state index contributed by atoms with van der Waals surface area (Å²) in [6.45, 7) is 2.63. The smallest absolute Gasteiger partial charge is 0.253 e. The molecule has 0 bridgehead atoms. The summed E-state index contributed by atoms with van der Waals surface area (Å²) in [4.78, 5) is 31.2. The molecule has 1 N–H and O–H groups in total. The van der Waals surface area contributed by atoms with Crippen molar-refractivity contribution in [1.82, 2.24) is 15.1 Å². The monoisotopic (exact) mass is 362 g/mol. The van der Waals surface area contributed by atoms with Crippen molar-refractivity contribution < 1.29 is 9.59 Å². The van der Waals surface area contributed by atoms with E-state index >= 15 is 0 Å². The summed E-state index contributed by atoms with van der Waals surface area (Å²) in [7, 11) is 3.93. The van der Waals surface area contributed by atoms with Gasteiger partial charge in [0.1, 0.15) is 0 Å². The van der Waals surface area contributed by atoms with Crippen molar-refractivity contribution >= 4 is 29.3 Å². The van der Waals surface area contributed by atoms with Crippen LogP contribution in [-0.2, 0) is 4.79 Å². The van der Waals surface area contributed by atoms with Crippen LogP contribution >= 0.6 is 11.8 Å². The molecule has 2 fully saturated rings. The molecule has 25 heavy (non-hydrogen) atoms. The fourth-order valence-electron chi connectivity index (χ4n) is 3.21. The van der Waals surface area contributed by atoms with Gasteiger partial charge in [-0.15, -0.1) is 11.8 Å². The molecule has 1 unspecified atom stereocenters. The first kappa shape index (κ1) is 18.1. The molecule has 6 nitrogen and oxygen atoms in total. The predicted octanol–water partition coefficient (Wildman–Crippen LogP) is 1.09. The van der Waals surface area contributed by atoms with Gasteiger partial charge in [0.2, 0.25) is 5.91 Å². The molecule has 0 spiro atoms. The number of thioether (sulfide) groups is 1. The lowest BCUT2D eigenvalue weighted by Gasteiger charge is -2.24. The van der Waals surface area contributed by atoms with Crippen molar-refractivity contribution in [2.24, 2.45) is 0 Å². The van der Waals surface area contributed by atoms with Crippen molar-refractivity contribution in [3.63, 3.8) is 0 Å². The summed E-state index contributed by atoms with van der Waals surface area (Å²) in [5.74, 6) is 1.91. The third-order valence-corrected chi connectivity index (χ3v) is 5.66. The number of amides is 2. The molecule has 0 radical (unpaired) electrons. The molecule has 1 atom stereocenters. The van der Waals surface area contributed by atoms with Crippen molar-refractivity contribution in [1.29, 1.82) is 0 Å². The molecule has 2 aliphatic rings. The number of hydrogen-bond donors (Lipinski definition) is 1. The van der Waals surface area contributed by atoms with Gasteiger partial charge in [0.15, 0.2) is 0 Å². The second-order valence-electron chi connectivity index (χ2n) is 6.69. The maximum Gasteiger partial charge on any atom is 0.253 e. The lowest BCUT2D eigenvalue weighted by Crippen LogP contribution is -2.46. The number of benzene rings is 1. The Balaban J connectivity index is 1.63. The molecular weight excluding hydrogens is 336 g/mol. The molecule has 2 heterocycles. The molecule has 7 heteroatoms. The number of nitrogens with one attached hydrogen (secondary N) is 1. The normalized spacial score (nSPS) is 21.1. The van der Waals surface area contributed by atoms with E-state index in [9.17, 15) is 9.59 Å². The summed E-state index contributed by atoms with van der Waals surface area (Å²) in [6, 6.07) is 7.63. The largest absolute Gasteiger partial charge is 0.378 e. The van der Waals surface area contributed by atoms with Gasteiger partial charge in [0.05, 0.1) is 6.04 Å². The molecule has 1 aromatic carbocycles. The first-order valence-corrected chi connectivity index (χ1v) is 9.88. The minimum Gasteiger partial charge on any atom is -0.378 e. The summed E-state index contributed by atoms with van der Waals surface area (Å²) in [6.07, 6.45) is 0.824. The van der Waals surface area contributed by atoms with Crippen LogP contribution in [0.4, 0.5) is 5.69 Å². The average Bonchev–Trinajstić information content (AvgIpc) is 3.05. The second-order valence-corrected chi connectivity index (χ2v) is 7.72. The quantitative estimate of drug-likeness (QED) is 0.872. The van der Waals surface area contributed by atoms with Gasteiger partial charge in [0.25, 0.3) is 5.91 Å². The molecule has 0 aromatic heterocycles. The number of rotatable bonds is 3. The van der Waals surface area contributed by atoms with Crippen LogP contribution in [0.3, 0.4) is 0 Å². The minimum absolute atomic E-state index is 0.0487. The first-order chi connectivity index (χ1) is 12.1. The van der Waals surface area contributed by atoms with E-state index in [1.807, 2.05) is 53.1 Å². The molecule has 2 aliphatic heterocycles. The zero-order valence-electron chi connectivity index (χ0n) is 14.9. The highest BCUT2D eigenvalue weighted by molar-refractivity contribution is 7.99. The molecule has 3 rings (SSSR count). The van der Waals surface area contributed by atoms with E-state index in [4.69, 9.17) is 0 Å². The van der Waals surface area contributed by atoms with E-state index in [0.717, 1.165) is 30.3 Å². The van der Waals surface area contributed by atoms with Gasteiger partial charge in [0, 0.05) is 63.2 Å². The van der Waals surface area contributed by atoms with Crippen molar-refractivity contribution in [2.75, 3.05) is 56.8 Å². The fraction of sp³-hybridized carbons (Fsp3) is 0.556.